The van der Waals surface area contributed by atoms with Gasteiger partial charge in [0.2, 0.25) is 0 Å². The first kappa shape index (κ1) is 15.8. The zero-order valence-corrected chi connectivity index (χ0v) is 13.4. The number of aryl methyl sites for hydroxylation is 1. The van der Waals surface area contributed by atoms with Gasteiger partial charge in [-0.3, -0.25) is 9.59 Å². The SMILES string of the molecule is C=CCN1C(=O)COc2ccc(NC(=O)c3ccccc3C)cc21. The van der Waals surface area contributed by atoms with E-state index in [9.17, 15) is 9.59 Å². The number of hydrogen-bond acceptors (Lipinski definition) is 3. The predicted octanol–water partition coefficient (Wildman–Crippen LogP) is 3.16. The first-order chi connectivity index (χ1) is 11.6. The highest BCUT2D eigenvalue weighted by Crippen LogP contribution is 2.34. The maximum Gasteiger partial charge on any atom is 0.265 e. The molecule has 1 aliphatic rings. The number of hydrogen-bond donors (Lipinski definition) is 1. The highest BCUT2D eigenvalue weighted by molar-refractivity contribution is 6.06. The molecule has 0 radical (unpaired) electrons. The standard InChI is InChI=1S/C19H18N2O3/c1-3-10-21-16-11-14(8-9-17(16)24-12-18(21)22)20-19(23)15-7-5-4-6-13(15)2/h3-9,11H,1,10,12H2,2H3,(H,20,23). The van der Waals surface area contributed by atoms with E-state index >= 15 is 0 Å². The highest BCUT2D eigenvalue weighted by atomic mass is 16.5. The highest BCUT2D eigenvalue weighted by Gasteiger charge is 2.25. The predicted molar refractivity (Wildman–Crippen MR) is 93.6 cm³/mol. The van der Waals surface area contributed by atoms with Gasteiger partial charge in [-0.1, -0.05) is 24.3 Å². The molecule has 1 N–H and O–H groups in total. The normalized spacial score (nSPS) is 13.0. The van der Waals surface area contributed by atoms with Crippen molar-refractivity contribution in [2.24, 2.45) is 0 Å². The Labute approximate surface area is 140 Å². The Morgan fingerprint density at radius 2 is 2.12 bits per heavy atom. The zero-order chi connectivity index (χ0) is 17.1. The summed E-state index contributed by atoms with van der Waals surface area (Å²) in [6.07, 6.45) is 1.66. The Morgan fingerprint density at radius 1 is 1.33 bits per heavy atom. The number of rotatable bonds is 4. The number of ether oxygens (including phenoxy) is 1. The molecule has 0 saturated carbocycles. The summed E-state index contributed by atoms with van der Waals surface area (Å²) in [6.45, 7) is 5.97. The van der Waals surface area contributed by atoms with Gasteiger partial charge in [-0.15, -0.1) is 6.58 Å². The molecule has 2 amide bonds. The summed E-state index contributed by atoms with van der Waals surface area (Å²) in [5.41, 5.74) is 2.76. The summed E-state index contributed by atoms with van der Waals surface area (Å²) < 4.78 is 5.44. The number of nitrogens with one attached hydrogen (secondary N) is 1. The number of fused-ring (bicyclic) bond motifs is 1. The Bertz CT molecular complexity index is 814. The lowest BCUT2D eigenvalue weighted by Gasteiger charge is -2.28. The second-order valence-electron chi connectivity index (χ2n) is 5.53. The lowest BCUT2D eigenvalue weighted by Crippen LogP contribution is -2.38. The second-order valence-corrected chi connectivity index (χ2v) is 5.53. The molecule has 24 heavy (non-hydrogen) atoms. The Morgan fingerprint density at radius 3 is 2.88 bits per heavy atom. The third kappa shape index (κ3) is 3.01. The van der Waals surface area contributed by atoms with Crippen LogP contribution in [0.2, 0.25) is 0 Å². The molecular formula is C19H18N2O3. The van der Waals surface area contributed by atoms with Crippen molar-refractivity contribution in [1.82, 2.24) is 0 Å². The molecule has 0 atom stereocenters. The number of anilines is 2. The monoisotopic (exact) mass is 322 g/mol. The van der Waals surface area contributed by atoms with Crippen molar-refractivity contribution >= 4 is 23.2 Å². The Kier molecular flexibility index (Phi) is 4.33. The fourth-order valence-corrected chi connectivity index (χ4v) is 2.64. The van der Waals surface area contributed by atoms with E-state index in [0.717, 1.165) is 5.56 Å². The summed E-state index contributed by atoms with van der Waals surface area (Å²) in [7, 11) is 0. The zero-order valence-electron chi connectivity index (χ0n) is 13.4. The summed E-state index contributed by atoms with van der Waals surface area (Å²) in [5.74, 6) is 0.293. The number of benzene rings is 2. The van der Waals surface area contributed by atoms with Crippen LogP contribution in [0.5, 0.6) is 5.75 Å². The molecule has 2 aromatic carbocycles. The first-order valence-electron chi connectivity index (χ1n) is 7.65. The van der Waals surface area contributed by atoms with Gasteiger partial charge in [0.25, 0.3) is 11.8 Å². The number of carbonyl (C=O) groups excluding carboxylic acids is 2. The molecule has 122 valence electrons. The van der Waals surface area contributed by atoms with Gasteiger partial charge in [-0.05, 0) is 36.8 Å². The molecular weight excluding hydrogens is 304 g/mol. The van der Waals surface area contributed by atoms with Crippen LogP contribution in [0.3, 0.4) is 0 Å². The van der Waals surface area contributed by atoms with Crippen LogP contribution in [-0.4, -0.2) is 25.0 Å². The minimum absolute atomic E-state index is 0.00968. The fourth-order valence-electron chi connectivity index (χ4n) is 2.64. The van der Waals surface area contributed by atoms with Crippen LogP contribution in [0.25, 0.3) is 0 Å². The minimum Gasteiger partial charge on any atom is -0.482 e. The fraction of sp³-hybridized carbons (Fsp3) is 0.158. The van der Waals surface area contributed by atoms with Crippen LogP contribution >= 0.6 is 0 Å². The number of nitrogens with zero attached hydrogens (tertiary/aromatic N) is 1. The molecule has 0 fully saturated rings. The number of carbonyl (C=O) groups is 2. The van der Waals surface area contributed by atoms with Crippen LogP contribution in [0.1, 0.15) is 15.9 Å². The van der Waals surface area contributed by atoms with E-state index in [-0.39, 0.29) is 18.4 Å². The maximum absolute atomic E-state index is 12.4. The molecule has 5 nitrogen and oxygen atoms in total. The Balaban J connectivity index is 1.88. The van der Waals surface area contributed by atoms with Crippen LogP contribution < -0.4 is 15.0 Å². The summed E-state index contributed by atoms with van der Waals surface area (Å²) >= 11 is 0. The quantitative estimate of drug-likeness (QED) is 0.880. The van der Waals surface area contributed by atoms with Gasteiger partial charge in [0, 0.05) is 17.8 Å². The van der Waals surface area contributed by atoms with E-state index in [0.29, 0.717) is 29.2 Å². The molecule has 2 aromatic rings. The van der Waals surface area contributed by atoms with Crippen molar-refractivity contribution in [1.29, 1.82) is 0 Å². The molecule has 5 heteroatoms. The molecule has 0 saturated heterocycles. The average Bonchev–Trinajstić information content (AvgIpc) is 2.58. The molecule has 1 heterocycles. The van der Waals surface area contributed by atoms with Crippen molar-refractivity contribution in [3.8, 4) is 5.75 Å². The van der Waals surface area contributed by atoms with Crippen LogP contribution in [0, 0.1) is 6.92 Å². The van der Waals surface area contributed by atoms with Gasteiger partial charge in [0.15, 0.2) is 6.61 Å². The van der Waals surface area contributed by atoms with Crippen LogP contribution in [0.4, 0.5) is 11.4 Å². The molecule has 3 rings (SSSR count). The van der Waals surface area contributed by atoms with Crippen LogP contribution in [0.15, 0.2) is 55.1 Å². The minimum atomic E-state index is -0.189. The summed E-state index contributed by atoms with van der Waals surface area (Å²) in [4.78, 5) is 26.0. The van der Waals surface area contributed by atoms with E-state index in [1.807, 2.05) is 25.1 Å². The van der Waals surface area contributed by atoms with Gasteiger partial charge >= 0.3 is 0 Å². The van der Waals surface area contributed by atoms with E-state index in [1.54, 1.807) is 35.2 Å². The van der Waals surface area contributed by atoms with E-state index in [1.165, 1.54) is 0 Å². The van der Waals surface area contributed by atoms with Gasteiger partial charge in [-0.2, -0.15) is 0 Å². The van der Waals surface area contributed by atoms with Gasteiger partial charge in [0.1, 0.15) is 5.75 Å². The summed E-state index contributed by atoms with van der Waals surface area (Å²) in [5, 5.41) is 2.87. The average molecular weight is 322 g/mol. The molecule has 0 aliphatic carbocycles. The van der Waals surface area contributed by atoms with Crippen molar-refractivity contribution in [2.75, 3.05) is 23.4 Å². The van der Waals surface area contributed by atoms with Crippen molar-refractivity contribution in [3.63, 3.8) is 0 Å². The topological polar surface area (TPSA) is 58.6 Å². The largest absolute Gasteiger partial charge is 0.482 e. The van der Waals surface area contributed by atoms with E-state index in [2.05, 4.69) is 11.9 Å². The molecule has 1 aliphatic heterocycles. The second kappa shape index (κ2) is 6.58. The van der Waals surface area contributed by atoms with Crippen LogP contribution in [-0.2, 0) is 4.79 Å². The smallest absolute Gasteiger partial charge is 0.265 e. The summed E-state index contributed by atoms with van der Waals surface area (Å²) in [6, 6.07) is 12.6. The lowest BCUT2D eigenvalue weighted by molar-refractivity contribution is -0.121. The van der Waals surface area contributed by atoms with Crippen molar-refractivity contribution in [2.45, 2.75) is 6.92 Å². The van der Waals surface area contributed by atoms with E-state index in [4.69, 9.17) is 4.74 Å². The third-order valence-corrected chi connectivity index (χ3v) is 3.86. The molecule has 0 aromatic heterocycles. The molecule has 0 bridgehead atoms. The molecule has 0 unspecified atom stereocenters. The van der Waals surface area contributed by atoms with E-state index < -0.39 is 0 Å². The lowest BCUT2D eigenvalue weighted by atomic mass is 10.1. The Hall–Kier alpha value is -3.08. The first-order valence-corrected chi connectivity index (χ1v) is 7.65. The maximum atomic E-state index is 12.4. The number of amides is 2. The third-order valence-electron chi connectivity index (χ3n) is 3.86. The van der Waals surface area contributed by atoms with Gasteiger partial charge in [0.05, 0.1) is 5.69 Å². The van der Waals surface area contributed by atoms with Gasteiger partial charge in [-0.25, -0.2) is 0 Å². The molecule has 0 spiro atoms. The van der Waals surface area contributed by atoms with Crippen molar-refractivity contribution < 1.29 is 14.3 Å². The van der Waals surface area contributed by atoms with Gasteiger partial charge < -0.3 is 15.0 Å². The van der Waals surface area contributed by atoms with Crippen molar-refractivity contribution in [3.05, 3.63) is 66.2 Å².